The van der Waals surface area contributed by atoms with Crippen molar-refractivity contribution in [3.8, 4) is 5.75 Å². The summed E-state index contributed by atoms with van der Waals surface area (Å²) in [4.78, 5) is 41.7. The molecule has 8 nitrogen and oxygen atoms in total. The van der Waals surface area contributed by atoms with Crippen molar-refractivity contribution in [3.05, 3.63) is 79.8 Å². The molecule has 186 valence electrons. The van der Waals surface area contributed by atoms with Crippen molar-refractivity contribution in [2.24, 2.45) is 0 Å². The predicted molar refractivity (Wildman–Crippen MR) is 133 cm³/mol. The second-order valence-corrected chi connectivity index (χ2v) is 8.73. The normalized spacial score (nSPS) is 11.0. The molecule has 0 bridgehead atoms. The molecule has 0 saturated heterocycles. The highest BCUT2D eigenvalue weighted by Gasteiger charge is 2.16. The molecule has 0 amide bonds. The number of carbonyl (C=O) groups is 1. The topological polar surface area (TPSA) is 95.2 Å². The Hall–Kier alpha value is -3.46. The van der Waals surface area contributed by atoms with Crippen LogP contribution in [0.2, 0.25) is 5.02 Å². The summed E-state index contributed by atoms with van der Waals surface area (Å²) in [5.74, 6) is -0.483. The summed E-state index contributed by atoms with van der Waals surface area (Å²) in [5, 5.41) is 3.42. The molecule has 0 unspecified atom stereocenters. The molecule has 1 heterocycles. The van der Waals surface area contributed by atoms with Gasteiger partial charge >= 0.3 is 11.4 Å². The van der Waals surface area contributed by atoms with Crippen molar-refractivity contribution in [1.82, 2.24) is 14.1 Å². The second-order valence-electron chi connectivity index (χ2n) is 8.30. The Morgan fingerprint density at radius 1 is 1.14 bits per heavy atom. The van der Waals surface area contributed by atoms with Gasteiger partial charge in [-0.25, -0.2) is 18.5 Å². The van der Waals surface area contributed by atoms with Crippen LogP contribution in [0.25, 0.3) is 0 Å². The van der Waals surface area contributed by atoms with Crippen molar-refractivity contribution in [2.75, 3.05) is 5.32 Å². The van der Waals surface area contributed by atoms with Gasteiger partial charge in [0.2, 0.25) is 5.95 Å². The number of rotatable bonds is 11. The van der Waals surface area contributed by atoms with E-state index >= 15 is 0 Å². The Bertz CT molecular complexity index is 1300. The van der Waals surface area contributed by atoms with E-state index in [1.807, 2.05) is 0 Å². The first-order valence-electron chi connectivity index (χ1n) is 11.4. The maximum absolute atomic E-state index is 14.5. The smallest absolute Gasteiger partial charge is 0.354 e. The van der Waals surface area contributed by atoms with Crippen LogP contribution >= 0.6 is 11.6 Å². The third-order valence-electron chi connectivity index (χ3n) is 5.19. The largest absolute Gasteiger partial charge is 0.488 e. The van der Waals surface area contributed by atoms with E-state index in [0.29, 0.717) is 23.6 Å². The number of carbonyl (C=O) groups excluding carboxylic acids is 1. The fourth-order valence-corrected chi connectivity index (χ4v) is 3.53. The summed E-state index contributed by atoms with van der Waals surface area (Å²) < 4.78 is 22.2. The average Bonchev–Trinajstić information content (AvgIpc) is 2.81. The number of nitrogens with one attached hydrogen (secondary N) is 1. The van der Waals surface area contributed by atoms with Crippen molar-refractivity contribution >= 4 is 29.0 Å². The first kappa shape index (κ1) is 26.2. The van der Waals surface area contributed by atoms with Gasteiger partial charge in [-0.15, -0.1) is 0 Å². The molecule has 2 aromatic carbocycles. The monoisotopic (exact) mass is 502 g/mol. The summed E-state index contributed by atoms with van der Waals surface area (Å²) in [5.41, 5.74) is -0.304. The first-order chi connectivity index (χ1) is 16.7. The number of anilines is 2. The molecular formula is C25H28ClFN4O4. The zero-order valence-corrected chi connectivity index (χ0v) is 20.6. The fourth-order valence-electron chi connectivity index (χ4n) is 3.40. The van der Waals surface area contributed by atoms with E-state index in [1.54, 1.807) is 51.1 Å². The summed E-state index contributed by atoms with van der Waals surface area (Å²) in [7, 11) is 0. The molecule has 0 aliphatic carbocycles. The van der Waals surface area contributed by atoms with E-state index in [4.69, 9.17) is 16.3 Å². The number of nitrogens with zero attached hydrogens (tertiary/aromatic N) is 3. The number of ketones is 1. The molecule has 0 radical (unpaired) electrons. The van der Waals surface area contributed by atoms with Crippen molar-refractivity contribution in [3.63, 3.8) is 0 Å². The molecule has 0 spiro atoms. The van der Waals surface area contributed by atoms with E-state index in [-0.39, 0.29) is 43.1 Å². The minimum absolute atomic E-state index is 0.0345. The number of Topliss-reactive ketones (excluding diaryl/α,β-unsaturated/α-hetero) is 1. The molecule has 0 aliphatic rings. The summed E-state index contributed by atoms with van der Waals surface area (Å²) in [6, 6.07) is 11.1. The zero-order valence-electron chi connectivity index (χ0n) is 19.9. The van der Waals surface area contributed by atoms with Crippen LogP contribution in [-0.4, -0.2) is 26.0 Å². The van der Waals surface area contributed by atoms with Crippen molar-refractivity contribution in [2.45, 2.75) is 59.2 Å². The van der Waals surface area contributed by atoms with Gasteiger partial charge in [-0.05, 0) is 50.1 Å². The molecule has 1 N–H and O–H groups in total. The lowest BCUT2D eigenvalue weighted by molar-refractivity contribution is -0.118. The quantitative estimate of drug-likeness (QED) is 0.414. The van der Waals surface area contributed by atoms with Gasteiger partial charge in [0.15, 0.2) is 11.6 Å². The van der Waals surface area contributed by atoms with Gasteiger partial charge in [0.25, 0.3) is 0 Å². The number of halogens is 2. The molecule has 10 heteroatoms. The van der Waals surface area contributed by atoms with Gasteiger partial charge in [0.05, 0.1) is 12.6 Å². The Morgan fingerprint density at radius 2 is 1.86 bits per heavy atom. The average molecular weight is 503 g/mol. The maximum Gasteiger partial charge on any atom is 0.354 e. The van der Waals surface area contributed by atoms with Crippen LogP contribution in [0.1, 0.15) is 45.6 Å². The Balaban J connectivity index is 1.98. The third-order valence-corrected chi connectivity index (χ3v) is 5.44. The van der Waals surface area contributed by atoms with Gasteiger partial charge in [0, 0.05) is 36.2 Å². The lowest BCUT2D eigenvalue weighted by atomic mass is 10.2. The van der Waals surface area contributed by atoms with Crippen molar-refractivity contribution < 1.29 is 13.9 Å². The highest BCUT2D eigenvalue weighted by molar-refractivity contribution is 6.30. The fraction of sp³-hybridized carbons (Fsp3) is 0.360. The Morgan fingerprint density at radius 3 is 2.49 bits per heavy atom. The highest BCUT2D eigenvalue weighted by atomic mass is 35.5. The molecule has 0 aliphatic heterocycles. The Kier molecular flexibility index (Phi) is 8.81. The summed E-state index contributed by atoms with van der Waals surface area (Å²) >= 11 is 5.97. The number of aromatic nitrogens is 3. The number of ether oxygens (including phenoxy) is 1. The minimum Gasteiger partial charge on any atom is -0.488 e. The van der Waals surface area contributed by atoms with E-state index in [2.05, 4.69) is 10.3 Å². The van der Waals surface area contributed by atoms with Crippen LogP contribution < -0.4 is 21.4 Å². The minimum atomic E-state index is -0.756. The molecule has 3 aromatic rings. The molecule has 3 rings (SSSR count). The summed E-state index contributed by atoms with van der Waals surface area (Å²) in [6.45, 7) is 5.50. The van der Waals surface area contributed by atoms with E-state index in [1.165, 1.54) is 16.7 Å². The lowest BCUT2D eigenvalue weighted by Gasteiger charge is -2.16. The van der Waals surface area contributed by atoms with Gasteiger partial charge in [0.1, 0.15) is 5.78 Å². The molecule has 35 heavy (non-hydrogen) atoms. The number of hydrogen-bond donors (Lipinski definition) is 1. The van der Waals surface area contributed by atoms with E-state index in [0.717, 1.165) is 10.1 Å². The SMILES string of the molecule is CCC(=O)CCCn1c(=O)nc(Nc2ccc(OC(C)C)c(F)c2)n(Cc2ccc(Cl)cc2)c1=O. The maximum atomic E-state index is 14.5. The third kappa shape index (κ3) is 7.02. The van der Waals surface area contributed by atoms with Crippen molar-refractivity contribution in [1.29, 1.82) is 0 Å². The molecule has 0 fully saturated rings. The predicted octanol–water partition coefficient (Wildman–Crippen LogP) is 4.54. The van der Waals surface area contributed by atoms with Gasteiger partial charge in [-0.3, -0.25) is 9.36 Å². The van der Waals surface area contributed by atoms with Crippen LogP contribution in [0.15, 0.2) is 52.1 Å². The van der Waals surface area contributed by atoms with Gasteiger partial charge in [-0.1, -0.05) is 30.7 Å². The van der Waals surface area contributed by atoms with Crippen LogP contribution in [0.3, 0.4) is 0 Å². The van der Waals surface area contributed by atoms with Crippen LogP contribution in [0.5, 0.6) is 5.75 Å². The molecular weight excluding hydrogens is 475 g/mol. The standard InChI is InChI=1S/C25H28ClFN4O4/c1-4-20(32)6-5-13-30-24(33)29-23(28-19-11-12-22(21(27)14-19)35-16(2)3)31(25(30)34)15-17-7-9-18(26)10-8-17/h7-12,14,16H,4-6,13,15H2,1-3H3,(H,28,29,33). The zero-order chi connectivity index (χ0) is 25.5. The lowest BCUT2D eigenvalue weighted by Crippen LogP contribution is -2.42. The summed E-state index contributed by atoms with van der Waals surface area (Å²) in [6.07, 6.45) is 0.812. The second kappa shape index (κ2) is 11.8. The van der Waals surface area contributed by atoms with Crippen LogP contribution in [0, 0.1) is 5.82 Å². The Labute approximate surface area is 207 Å². The molecule has 1 aromatic heterocycles. The van der Waals surface area contributed by atoms with E-state index < -0.39 is 17.2 Å². The van der Waals surface area contributed by atoms with Gasteiger partial charge in [-0.2, -0.15) is 4.98 Å². The molecule has 0 atom stereocenters. The van der Waals surface area contributed by atoms with Crippen LogP contribution in [0.4, 0.5) is 16.0 Å². The van der Waals surface area contributed by atoms with Gasteiger partial charge < -0.3 is 10.1 Å². The molecule has 0 saturated carbocycles. The number of hydrogen-bond acceptors (Lipinski definition) is 6. The van der Waals surface area contributed by atoms with Crippen LogP contribution in [-0.2, 0) is 17.9 Å². The number of benzene rings is 2. The first-order valence-corrected chi connectivity index (χ1v) is 11.8. The van der Waals surface area contributed by atoms with E-state index in [9.17, 15) is 18.8 Å². The highest BCUT2D eigenvalue weighted by Crippen LogP contribution is 2.24.